The Hall–Kier alpha value is -2.23. The molecule has 1 N–H and O–H groups in total. The number of carbonyl (C=O) groups excluding carboxylic acids is 1. The minimum Gasteiger partial charge on any atom is -0.467 e. The average molecular weight is 284 g/mol. The standard InChI is InChI=1S/C17H20N2O2/c1-2-13-7-3-4-8-14(13)18-17(20)19-11-5-9-15(19)16-10-6-12-21-16/h3-4,6-8,10,12,15H,2,5,9,11H2,1H3,(H,18,20)/t15-/m1/s1. The average Bonchev–Trinajstić information content (AvgIpc) is 3.18. The zero-order chi connectivity index (χ0) is 14.7. The zero-order valence-electron chi connectivity index (χ0n) is 12.2. The predicted octanol–water partition coefficient (Wildman–Crippen LogP) is 4.21. The highest BCUT2D eigenvalue weighted by Gasteiger charge is 2.31. The SMILES string of the molecule is CCc1ccccc1NC(=O)N1CCC[C@@H]1c1ccco1. The van der Waals surface area contributed by atoms with Gasteiger partial charge in [-0.25, -0.2) is 4.79 Å². The van der Waals surface area contributed by atoms with Crippen LogP contribution in [0.15, 0.2) is 47.1 Å². The van der Waals surface area contributed by atoms with Gasteiger partial charge in [0, 0.05) is 12.2 Å². The molecule has 0 saturated carbocycles. The van der Waals surface area contributed by atoms with Gasteiger partial charge >= 0.3 is 6.03 Å². The number of amides is 2. The van der Waals surface area contributed by atoms with E-state index in [1.54, 1.807) is 6.26 Å². The van der Waals surface area contributed by atoms with E-state index in [1.165, 1.54) is 0 Å². The fraction of sp³-hybridized carbons (Fsp3) is 0.353. The van der Waals surface area contributed by atoms with Gasteiger partial charge < -0.3 is 14.6 Å². The summed E-state index contributed by atoms with van der Waals surface area (Å²) in [5.74, 6) is 0.867. The summed E-state index contributed by atoms with van der Waals surface area (Å²) in [4.78, 5) is 14.4. The first kappa shape index (κ1) is 13.7. The first-order valence-electron chi connectivity index (χ1n) is 7.48. The van der Waals surface area contributed by atoms with Gasteiger partial charge in [0.05, 0.1) is 12.3 Å². The fourth-order valence-corrected chi connectivity index (χ4v) is 2.92. The highest BCUT2D eigenvalue weighted by atomic mass is 16.3. The molecule has 0 bridgehead atoms. The van der Waals surface area contributed by atoms with Crippen molar-refractivity contribution in [2.24, 2.45) is 0 Å². The molecule has 2 aromatic rings. The summed E-state index contributed by atoms with van der Waals surface area (Å²) in [7, 11) is 0. The number of nitrogens with one attached hydrogen (secondary N) is 1. The quantitative estimate of drug-likeness (QED) is 0.917. The van der Waals surface area contributed by atoms with E-state index >= 15 is 0 Å². The van der Waals surface area contributed by atoms with Crippen molar-refractivity contribution < 1.29 is 9.21 Å². The van der Waals surface area contributed by atoms with E-state index < -0.39 is 0 Å². The van der Waals surface area contributed by atoms with Crippen molar-refractivity contribution in [2.75, 3.05) is 11.9 Å². The van der Waals surface area contributed by atoms with Gasteiger partial charge in [-0.2, -0.15) is 0 Å². The molecule has 0 radical (unpaired) electrons. The molecule has 1 fully saturated rings. The predicted molar refractivity (Wildman–Crippen MR) is 82.2 cm³/mol. The Morgan fingerprint density at radius 2 is 2.19 bits per heavy atom. The number of urea groups is 1. The molecule has 2 amide bonds. The van der Waals surface area contributed by atoms with Crippen LogP contribution in [0.4, 0.5) is 10.5 Å². The molecule has 0 spiro atoms. The third-order valence-corrected chi connectivity index (χ3v) is 4.03. The van der Waals surface area contributed by atoms with E-state index in [9.17, 15) is 4.79 Å². The molecule has 4 nitrogen and oxygen atoms in total. The zero-order valence-corrected chi connectivity index (χ0v) is 12.2. The molecule has 1 aliphatic rings. The van der Waals surface area contributed by atoms with Crippen molar-refractivity contribution in [1.29, 1.82) is 0 Å². The summed E-state index contributed by atoms with van der Waals surface area (Å²) < 4.78 is 5.47. The lowest BCUT2D eigenvalue weighted by molar-refractivity contribution is 0.200. The van der Waals surface area contributed by atoms with E-state index in [2.05, 4.69) is 12.2 Å². The number of carbonyl (C=O) groups is 1. The molecular weight excluding hydrogens is 264 g/mol. The summed E-state index contributed by atoms with van der Waals surface area (Å²) in [6.07, 6.45) is 4.53. The van der Waals surface area contributed by atoms with E-state index in [1.807, 2.05) is 41.3 Å². The van der Waals surface area contributed by atoms with Gasteiger partial charge in [0.1, 0.15) is 5.76 Å². The lowest BCUT2D eigenvalue weighted by Gasteiger charge is -2.24. The first-order chi connectivity index (χ1) is 10.3. The van der Waals surface area contributed by atoms with Crippen LogP contribution in [0.2, 0.25) is 0 Å². The smallest absolute Gasteiger partial charge is 0.322 e. The lowest BCUT2D eigenvalue weighted by Crippen LogP contribution is -2.34. The van der Waals surface area contributed by atoms with Crippen molar-refractivity contribution in [3.05, 3.63) is 54.0 Å². The molecule has 110 valence electrons. The number of nitrogens with zero attached hydrogens (tertiary/aromatic N) is 1. The highest BCUT2D eigenvalue weighted by Crippen LogP contribution is 2.32. The third-order valence-electron chi connectivity index (χ3n) is 4.03. The summed E-state index contributed by atoms with van der Waals surface area (Å²) in [6.45, 7) is 2.86. The molecule has 0 aliphatic carbocycles. The second-order valence-electron chi connectivity index (χ2n) is 5.31. The number of hydrogen-bond acceptors (Lipinski definition) is 2. The Labute approximate surface area is 124 Å². The van der Waals surface area contributed by atoms with E-state index in [4.69, 9.17) is 4.42 Å². The molecule has 1 aromatic heterocycles. The van der Waals surface area contributed by atoms with Gasteiger partial charge in [-0.05, 0) is 43.0 Å². The molecule has 21 heavy (non-hydrogen) atoms. The molecule has 1 aliphatic heterocycles. The molecule has 1 saturated heterocycles. The Bertz CT molecular complexity index is 607. The molecule has 1 aromatic carbocycles. The van der Waals surface area contributed by atoms with Gasteiger partial charge in [-0.1, -0.05) is 25.1 Å². The minimum absolute atomic E-state index is 0.0465. The number of furan rings is 1. The van der Waals surface area contributed by atoms with Crippen LogP contribution in [0.3, 0.4) is 0 Å². The number of hydrogen-bond donors (Lipinski definition) is 1. The van der Waals surface area contributed by atoms with E-state index in [0.717, 1.165) is 42.8 Å². The second-order valence-corrected chi connectivity index (χ2v) is 5.31. The van der Waals surface area contributed by atoms with Gasteiger partial charge in [-0.15, -0.1) is 0 Å². The molecule has 1 atom stereocenters. The number of anilines is 1. The Kier molecular flexibility index (Phi) is 3.95. The van der Waals surface area contributed by atoms with Crippen LogP contribution in [-0.2, 0) is 6.42 Å². The molecule has 4 heteroatoms. The normalized spacial score (nSPS) is 18.0. The van der Waals surface area contributed by atoms with Crippen LogP contribution >= 0.6 is 0 Å². The van der Waals surface area contributed by atoms with Crippen LogP contribution in [0.25, 0.3) is 0 Å². The number of aryl methyl sites for hydroxylation is 1. The largest absolute Gasteiger partial charge is 0.467 e. The maximum absolute atomic E-state index is 12.6. The van der Waals surface area contributed by atoms with E-state index in [-0.39, 0.29) is 12.1 Å². The molecule has 0 unspecified atom stereocenters. The van der Waals surface area contributed by atoms with Crippen LogP contribution in [-0.4, -0.2) is 17.5 Å². The summed E-state index contributed by atoms with van der Waals surface area (Å²) >= 11 is 0. The minimum atomic E-state index is -0.0465. The van der Waals surface area contributed by atoms with Crippen LogP contribution < -0.4 is 5.32 Å². The van der Waals surface area contributed by atoms with Crippen molar-refractivity contribution in [2.45, 2.75) is 32.2 Å². The summed E-state index contributed by atoms with van der Waals surface area (Å²) in [6, 6.07) is 11.8. The van der Waals surface area contributed by atoms with Crippen LogP contribution in [0.5, 0.6) is 0 Å². The van der Waals surface area contributed by atoms with Gasteiger partial charge in [0.25, 0.3) is 0 Å². The second kappa shape index (κ2) is 6.04. The topological polar surface area (TPSA) is 45.5 Å². The Balaban J connectivity index is 1.75. The summed E-state index contributed by atoms with van der Waals surface area (Å²) in [5, 5.41) is 3.04. The number of benzene rings is 1. The maximum atomic E-state index is 12.6. The molecular formula is C17H20N2O2. The molecule has 3 rings (SSSR count). The van der Waals surface area contributed by atoms with Crippen molar-refractivity contribution in [1.82, 2.24) is 4.90 Å². The molecule has 2 heterocycles. The highest BCUT2D eigenvalue weighted by molar-refractivity contribution is 5.90. The van der Waals surface area contributed by atoms with Gasteiger partial charge in [0.15, 0.2) is 0 Å². The number of likely N-dealkylation sites (tertiary alicyclic amines) is 1. The summed E-state index contributed by atoms with van der Waals surface area (Å²) in [5.41, 5.74) is 2.05. The number of rotatable bonds is 3. The Morgan fingerprint density at radius 1 is 1.33 bits per heavy atom. The van der Waals surface area contributed by atoms with E-state index in [0.29, 0.717) is 0 Å². The van der Waals surface area contributed by atoms with Crippen LogP contribution in [0.1, 0.15) is 37.1 Å². The fourth-order valence-electron chi connectivity index (χ4n) is 2.92. The third kappa shape index (κ3) is 2.79. The monoisotopic (exact) mass is 284 g/mol. The lowest BCUT2D eigenvalue weighted by atomic mass is 10.1. The van der Waals surface area contributed by atoms with Gasteiger partial charge in [-0.3, -0.25) is 0 Å². The maximum Gasteiger partial charge on any atom is 0.322 e. The van der Waals surface area contributed by atoms with Crippen molar-refractivity contribution >= 4 is 11.7 Å². The van der Waals surface area contributed by atoms with Crippen molar-refractivity contribution in [3.63, 3.8) is 0 Å². The first-order valence-corrected chi connectivity index (χ1v) is 7.48. The van der Waals surface area contributed by atoms with Gasteiger partial charge in [0.2, 0.25) is 0 Å². The Morgan fingerprint density at radius 3 is 2.95 bits per heavy atom. The number of para-hydroxylation sites is 1. The van der Waals surface area contributed by atoms with Crippen LogP contribution in [0, 0.1) is 0 Å². The van der Waals surface area contributed by atoms with Crippen molar-refractivity contribution in [3.8, 4) is 0 Å².